The summed E-state index contributed by atoms with van der Waals surface area (Å²) in [5.41, 5.74) is 0.891. The molecule has 126 valence electrons. The highest BCUT2D eigenvalue weighted by Gasteiger charge is 2.18. The van der Waals surface area contributed by atoms with Crippen molar-refractivity contribution in [3.8, 4) is 11.5 Å². The Hall–Kier alpha value is -1.73. The third-order valence-corrected chi connectivity index (χ3v) is 3.98. The fraction of sp³-hybridized carbons (Fsp3) is 0.688. The van der Waals surface area contributed by atoms with E-state index in [0.29, 0.717) is 18.9 Å². The van der Waals surface area contributed by atoms with Crippen molar-refractivity contribution in [1.82, 2.24) is 29.6 Å². The molecule has 0 spiro atoms. The van der Waals surface area contributed by atoms with E-state index in [4.69, 9.17) is 15.1 Å². The number of aromatic nitrogens is 5. The lowest BCUT2D eigenvalue weighted by Gasteiger charge is -2.02. The molecule has 7 nitrogen and oxygen atoms in total. The number of nitrogens with one attached hydrogen (secondary N) is 1. The maximum absolute atomic E-state index is 9.12. The fourth-order valence-corrected chi connectivity index (χ4v) is 2.89. The van der Waals surface area contributed by atoms with Gasteiger partial charge in [0.05, 0.1) is 0 Å². The van der Waals surface area contributed by atoms with Gasteiger partial charge in [-0.2, -0.15) is 5.10 Å². The molecule has 2 N–H and O–H groups in total. The number of aryl methyl sites for hydroxylation is 1. The molecule has 0 radical (unpaired) electrons. The molecule has 0 atom stereocenters. The maximum Gasteiger partial charge on any atom is 0.178 e. The highest BCUT2D eigenvalue weighted by Crippen LogP contribution is 2.19. The summed E-state index contributed by atoms with van der Waals surface area (Å²) in [4.78, 5) is 9.50. The van der Waals surface area contributed by atoms with Crippen LogP contribution in [0.15, 0.2) is 6.20 Å². The summed E-state index contributed by atoms with van der Waals surface area (Å²) >= 11 is 0. The number of hydrogen-bond donors (Lipinski definition) is 2. The van der Waals surface area contributed by atoms with Crippen LogP contribution in [-0.2, 0) is 25.9 Å². The van der Waals surface area contributed by atoms with E-state index < -0.39 is 0 Å². The van der Waals surface area contributed by atoms with Crippen molar-refractivity contribution in [1.29, 1.82) is 0 Å². The van der Waals surface area contributed by atoms with Gasteiger partial charge in [-0.05, 0) is 12.3 Å². The first-order chi connectivity index (χ1) is 11.2. The lowest BCUT2D eigenvalue weighted by molar-refractivity contribution is 0.277. The molecule has 0 aromatic carbocycles. The average Bonchev–Trinajstić information content (AvgIpc) is 3.02. The number of imidazole rings is 1. The summed E-state index contributed by atoms with van der Waals surface area (Å²) in [6.45, 7) is 8.03. The summed E-state index contributed by atoms with van der Waals surface area (Å²) in [7, 11) is 0. The van der Waals surface area contributed by atoms with Crippen LogP contribution in [0.5, 0.6) is 0 Å². The van der Waals surface area contributed by atoms with Crippen LogP contribution in [0.25, 0.3) is 11.5 Å². The van der Waals surface area contributed by atoms with Crippen molar-refractivity contribution in [2.24, 2.45) is 5.92 Å². The molecule has 1 aliphatic rings. The van der Waals surface area contributed by atoms with Gasteiger partial charge in [0.15, 0.2) is 11.6 Å². The summed E-state index contributed by atoms with van der Waals surface area (Å²) < 4.78 is 4.11. The second-order valence-electron chi connectivity index (χ2n) is 6.49. The van der Waals surface area contributed by atoms with Gasteiger partial charge in [0.1, 0.15) is 11.5 Å². The number of aliphatic hydroxyl groups is 1. The van der Waals surface area contributed by atoms with Crippen molar-refractivity contribution >= 4 is 0 Å². The zero-order chi connectivity index (χ0) is 16.2. The van der Waals surface area contributed by atoms with E-state index in [1.165, 1.54) is 0 Å². The van der Waals surface area contributed by atoms with Gasteiger partial charge in [-0.3, -0.25) is 0 Å². The summed E-state index contributed by atoms with van der Waals surface area (Å²) in [5, 5.41) is 17.1. The predicted octanol–water partition coefficient (Wildman–Crippen LogP) is 0.868. The van der Waals surface area contributed by atoms with Gasteiger partial charge in [0.2, 0.25) is 0 Å². The second kappa shape index (κ2) is 7.23. The van der Waals surface area contributed by atoms with Gasteiger partial charge in [-0.25, -0.2) is 14.6 Å². The van der Waals surface area contributed by atoms with Gasteiger partial charge in [-0.15, -0.1) is 0 Å². The third kappa shape index (κ3) is 3.79. The number of aliphatic hydroxyl groups excluding tert-OH is 1. The first kappa shape index (κ1) is 16.1. The number of rotatable bonds is 6. The van der Waals surface area contributed by atoms with Gasteiger partial charge in [0.25, 0.3) is 0 Å². The first-order valence-corrected chi connectivity index (χ1v) is 8.49. The standard InChI is InChI=1S/C16H26N6O/c1-12(2)10-14-19-16(22(20-14)7-3-9-23)13-11-21-8-6-17-5-4-15(21)18-13/h11-12,17,23H,3-10H2,1-2H3. The molecule has 7 heteroatoms. The molecule has 0 aliphatic carbocycles. The van der Waals surface area contributed by atoms with E-state index >= 15 is 0 Å². The van der Waals surface area contributed by atoms with Crippen LogP contribution in [0.4, 0.5) is 0 Å². The molecule has 3 heterocycles. The van der Waals surface area contributed by atoms with Crippen molar-refractivity contribution < 1.29 is 5.11 Å². The SMILES string of the molecule is CC(C)Cc1nc(-c2cn3c(n2)CCNCC3)n(CCCO)n1. The van der Waals surface area contributed by atoms with Crippen LogP contribution >= 0.6 is 0 Å². The molecule has 2 aromatic rings. The molecule has 0 saturated heterocycles. The van der Waals surface area contributed by atoms with E-state index in [2.05, 4.69) is 35.0 Å². The molecule has 1 aliphatic heterocycles. The lowest BCUT2D eigenvalue weighted by atomic mass is 10.1. The molecular formula is C16H26N6O. The van der Waals surface area contributed by atoms with Crippen molar-refractivity contribution in [3.63, 3.8) is 0 Å². The largest absolute Gasteiger partial charge is 0.396 e. The first-order valence-electron chi connectivity index (χ1n) is 8.49. The van der Waals surface area contributed by atoms with Gasteiger partial charge >= 0.3 is 0 Å². The maximum atomic E-state index is 9.12. The van der Waals surface area contributed by atoms with E-state index in [1.54, 1.807) is 0 Å². The summed E-state index contributed by atoms with van der Waals surface area (Å²) in [5.74, 6) is 3.30. The smallest absolute Gasteiger partial charge is 0.178 e. The number of nitrogens with zero attached hydrogens (tertiary/aromatic N) is 5. The van der Waals surface area contributed by atoms with Crippen LogP contribution in [0.2, 0.25) is 0 Å². The van der Waals surface area contributed by atoms with Crippen LogP contribution in [0, 0.1) is 5.92 Å². The van der Waals surface area contributed by atoms with Gasteiger partial charge in [-0.1, -0.05) is 13.8 Å². The zero-order valence-electron chi connectivity index (χ0n) is 14.0. The van der Waals surface area contributed by atoms with Crippen LogP contribution in [0.1, 0.15) is 31.9 Å². The highest BCUT2D eigenvalue weighted by molar-refractivity contribution is 5.49. The second-order valence-corrected chi connectivity index (χ2v) is 6.49. The van der Waals surface area contributed by atoms with E-state index in [0.717, 1.165) is 55.6 Å². The molecule has 2 aromatic heterocycles. The monoisotopic (exact) mass is 318 g/mol. The van der Waals surface area contributed by atoms with E-state index in [-0.39, 0.29) is 6.61 Å². The molecular weight excluding hydrogens is 292 g/mol. The topological polar surface area (TPSA) is 80.8 Å². The van der Waals surface area contributed by atoms with Crippen LogP contribution < -0.4 is 5.32 Å². The Bertz CT molecular complexity index is 622. The summed E-state index contributed by atoms with van der Waals surface area (Å²) in [6.07, 6.45) is 4.55. The van der Waals surface area contributed by atoms with E-state index in [1.807, 2.05) is 4.68 Å². The molecule has 0 amide bonds. The molecule has 0 bridgehead atoms. The minimum Gasteiger partial charge on any atom is -0.396 e. The Kier molecular flexibility index (Phi) is 5.07. The van der Waals surface area contributed by atoms with Crippen molar-refractivity contribution in [3.05, 3.63) is 17.8 Å². The third-order valence-electron chi connectivity index (χ3n) is 3.98. The zero-order valence-corrected chi connectivity index (χ0v) is 14.0. The number of fused-ring (bicyclic) bond motifs is 1. The highest BCUT2D eigenvalue weighted by atomic mass is 16.3. The van der Waals surface area contributed by atoms with Crippen LogP contribution in [0.3, 0.4) is 0 Å². The predicted molar refractivity (Wildman–Crippen MR) is 88.1 cm³/mol. The summed E-state index contributed by atoms with van der Waals surface area (Å²) in [6, 6.07) is 0. The Morgan fingerprint density at radius 1 is 1.30 bits per heavy atom. The fourth-order valence-electron chi connectivity index (χ4n) is 2.89. The van der Waals surface area contributed by atoms with E-state index in [9.17, 15) is 0 Å². The quantitative estimate of drug-likeness (QED) is 0.826. The van der Waals surface area contributed by atoms with Crippen LogP contribution in [-0.4, -0.2) is 49.1 Å². The minimum atomic E-state index is 0.157. The lowest BCUT2D eigenvalue weighted by Crippen LogP contribution is -2.17. The van der Waals surface area contributed by atoms with Crippen molar-refractivity contribution in [2.45, 2.75) is 46.2 Å². The Labute approximate surface area is 136 Å². The Morgan fingerprint density at radius 2 is 2.17 bits per heavy atom. The van der Waals surface area contributed by atoms with Gasteiger partial charge in [0, 0.05) is 51.8 Å². The molecule has 23 heavy (non-hydrogen) atoms. The van der Waals surface area contributed by atoms with Gasteiger partial charge < -0.3 is 15.0 Å². The Morgan fingerprint density at radius 3 is 2.96 bits per heavy atom. The minimum absolute atomic E-state index is 0.157. The van der Waals surface area contributed by atoms with Crippen molar-refractivity contribution in [2.75, 3.05) is 19.7 Å². The Balaban J connectivity index is 1.91. The molecule has 3 rings (SSSR count). The normalized spacial score (nSPS) is 15.0. The molecule has 0 unspecified atom stereocenters. The number of hydrogen-bond acceptors (Lipinski definition) is 5. The molecule has 0 fully saturated rings. The average molecular weight is 318 g/mol. The molecule has 0 saturated carbocycles.